The van der Waals surface area contributed by atoms with Gasteiger partial charge in [-0.2, -0.15) is 0 Å². The van der Waals surface area contributed by atoms with Crippen LogP contribution in [0.1, 0.15) is 26.3 Å². The van der Waals surface area contributed by atoms with Crippen LogP contribution in [-0.4, -0.2) is 4.57 Å². The van der Waals surface area contributed by atoms with Gasteiger partial charge >= 0.3 is 0 Å². The average Bonchev–Trinajstić information content (AvgIpc) is 3.56. The Kier molecular flexibility index (Phi) is 7.78. The first-order chi connectivity index (χ1) is 26.9. The third-order valence-electron chi connectivity index (χ3n) is 11.4. The van der Waals surface area contributed by atoms with Gasteiger partial charge < -0.3 is 4.57 Å². The largest absolute Gasteiger partial charge is 0.309 e. The van der Waals surface area contributed by atoms with Crippen LogP contribution in [0.2, 0.25) is 0 Å². The van der Waals surface area contributed by atoms with Gasteiger partial charge in [-0.25, -0.2) is 0 Å². The molecular weight excluding hydrogens is 663 g/mol. The molecule has 1 heteroatoms. The summed E-state index contributed by atoms with van der Waals surface area (Å²) in [7, 11) is 0. The highest BCUT2D eigenvalue weighted by Gasteiger charge is 2.19. The van der Waals surface area contributed by atoms with Gasteiger partial charge in [-0.05, 0) is 113 Å². The number of fused-ring (bicyclic) bond motifs is 5. The monoisotopic (exact) mass is 703 g/mol. The Hall–Kier alpha value is -6.70. The van der Waals surface area contributed by atoms with E-state index in [4.69, 9.17) is 0 Å². The van der Waals surface area contributed by atoms with Crippen molar-refractivity contribution in [2.75, 3.05) is 0 Å². The van der Waals surface area contributed by atoms with Gasteiger partial charge in [-0.3, -0.25) is 0 Å². The number of benzene rings is 9. The molecule has 10 rings (SSSR count). The van der Waals surface area contributed by atoms with Crippen LogP contribution in [0.3, 0.4) is 0 Å². The molecule has 0 amide bonds. The zero-order valence-corrected chi connectivity index (χ0v) is 31.4. The molecule has 9 aromatic carbocycles. The molecule has 55 heavy (non-hydrogen) atoms. The minimum Gasteiger partial charge on any atom is -0.309 e. The first kappa shape index (κ1) is 32.9. The second-order valence-corrected chi connectivity index (χ2v) is 15.7. The fraction of sp³-hybridized carbons (Fsp3) is 0.0741. The van der Waals surface area contributed by atoms with Crippen molar-refractivity contribution in [3.63, 3.8) is 0 Å². The molecular formula is C54H41N. The van der Waals surface area contributed by atoms with E-state index < -0.39 is 0 Å². The molecule has 0 aliphatic rings. The van der Waals surface area contributed by atoms with Gasteiger partial charge in [-0.1, -0.05) is 178 Å². The quantitative estimate of drug-likeness (QED) is 0.157. The van der Waals surface area contributed by atoms with Crippen LogP contribution in [0.5, 0.6) is 0 Å². The zero-order valence-electron chi connectivity index (χ0n) is 31.4. The summed E-state index contributed by atoms with van der Waals surface area (Å²) in [4.78, 5) is 0. The van der Waals surface area contributed by atoms with E-state index in [1.54, 1.807) is 0 Å². The third kappa shape index (κ3) is 5.63. The summed E-state index contributed by atoms with van der Waals surface area (Å²) in [5.41, 5.74) is 14.9. The number of rotatable bonds is 5. The van der Waals surface area contributed by atoms with E-state index >= 15 is 0 Å². The highest BCUT2D eigenvalue weighted by molar-refractivity contribution is 6.21. The molecule has 0 unspecified atom stereocenters. The van der Waals surface area contributed by atoms with Crippen LogP contribution in [0.4, 0.5) is 0 Å². The van der Waals surface area contributed by atoms with E-state index in [0.717, 1.165) is 5.69 Å². The van der Waals surface area contributed by atoms with Crippen LogP contribution in [0.25, 0.3) is 93.5 Å². The second-order valence-electron chi connectivity index (χ2n) is 15.7. The number of aromatic nitrogens is 1. The summed E-state index contributed by atoms with van der Waals surface area (Å²) in [6.45, 7) is 6.83. The van der Waals surface area contributed by atoms with Gasteiger partial charge in [0.25, 0.3) is 0 Å². The molecule has 1 aromatic heterocycles. The van der Waals surface area contributed by atoms with Gasteiger partial charge in [0.1, 0.15) is 0 Å². The van der Waals surface area contributed by atoms with Gasteiger partial charge in [0, 0.05) is 16.5 Å². The summed E-state index contributed by atoms with van der Waals surface area (Å²) in [6, 6.07) is 71.5. The predicted octanol–water partition coefficient (Wildman–Crippen LogP) is 15.1. The topological polar surface area (TPSA) is 4.93 Å². The van der Waals surface area contributed by atoms with E-state index in [0.29, 0.717) is 0 Å². The summed E-state index contributed by atoms with van der Waals surface area (Å²) in [5, 5.41) is 7.60. The lowest BCUT2D eigenvalue weighted by atomic mass is 9.83. The molecule has 0 saturated carbocycles. The molecule has 0 radical (unpaired) electrons. The van der Waals surface area contributed by atoms with E-state index in [2.05, 4.69) is 219 Å². The predicted molar refractivity (Wildman–Crippen MR) is 236 cm³/mol. The molecule has 1 nitrogen and oxygen atoms in total. The number of hydrogen-bond donors (Lipinski definition) is 0. The van der Waals surface area contributed by atoms with Crippen molar-refractivity contribution in [3.8, 4) is 50.2 Å². The Morgan fingerprint density at radius 2 is 0.745 bits per heavy atom. The molecule has 0 aliphatic heterocycles. The Bertz CT molecular complexity index is 2970. The van der Waals surface area contributed by atoms with Crippen molar-refractivity contribution in [2.24, 2.45) is 0 Å². The molecule has 0 N–H and O–H groups in total. The first-order valence-electron chi connectivity index (χ1n) is 19.3. The van der Waals surface area contributed by atoms with E-state index in [9.17, 15) is 0 Å². The first-order valence-corrected chi connectivity index (χ1v) is 19.3. The maximum atomic E-state index is 2.42. The maximum Gasteiger partial charge on any atom is 0.0541 e. The number of hydrogen-bond acceptors (Lipinski definition) is 0. The van der Waals surface area contributed by atoms with Crippen molar-refractivity contribution in [2.45, 2.75) is 26.2 Å². The van der Waals surface area contributed by atoms with E-state index in [-0.39, 0.29) is 5.41 Å². The fourth-order valence-electron chi connectivity index (χ4n) is 8.60. The molecule has 0 spiro atoms. The maximum absolute atomic E-state index is 2.42. The molecule has 1 heterocycles. The summed E-state index contributed by atoms with van der Waals surface area (Å²) >= 11 is 0. The highest BCUT2D eigenvalue weighted by atomic mass is 15.0. The lowest BCUT2D eigenvalue weighted by Crippen LogP contribution is -2.10. The minimum absolute atomic E-state index is 0.107. The van der Waals surface area contributed by atoms with E-state index in [1.165, 1.54) is 93.4 Å². The van der Waals surface area contributed by atoms with Gasteiger partial charge in [0.15, 0.2) is 0 Å². The van der Waals surface area contributed by atoms with Gasteiger partial charge in [0.05, 0.1) is 11.0 Å². The summed E-state index contributed by atoms with van der Waals surface area (Å²) in [6.07, 6.45) is 0. The number of para-hydroxylation sites is 1. The second kappa shape index (κ2) is 13.0. The Balaban J connectivity index is 1.09. The smallest absolute Gasteiger partial charge is 0.0541 e. The summed E-state index contributed by atoms with van der Waals surface area (Å²) in [5.74, 6) is 0. The highest BCUT2D eigenvalue weighted by Crippen LogP contribution is 2.44. The molecule has 0 atom stereocenters. The van der Waals surface area contributed by atoms with Crippen LogP contribution < -0.4 is 0 Å². The third-order valence-corrected chi connectivity index (χ3v) is 11.4. The van der Waals surface area contributed by atoms with Gasteiger partial charge in [-0.15, -0.1) is 0 Å². The zero-order chi connectivity index (χ0) is 37.1. The van der Waals surface area contributed by atoms with Crippen molar-refractivity contribution in [3.05, 3.63) is 200 Å². The molecule has 10 aromatic rings. The fourth-order valence-corrected chi connectivity index (χ4v) is 8.60. The SMILES string of the molecule is CC(C)(C)c1ccc(-c2c3ccccc3c(-c3ccc(-n4c5ccccc5c5cc(-c6cccc(-c7ccccc7)c6)ccc54)cc3)c3ccccc23)cc1. The summed E-state index contributed by atoms with van der Waals surface area (Å²) < 4.78 is 2.42. The average molecular weight is 704 g/mol. The molecule has 0 aliphatic carbocycles. The molecule has 262 valence electrons. The van der Waals surface area contributed by atoms with Crippen molar-refractivity contribution in [1.82, 2.24) is 4.57 Å². The Morgan fingerprint density at radius 3 is 1.33 bits per heavy atom. The van der Waals surface area contributed by atoms with Crippen molar-refractivity contribution in [1.29, 1.82) is 0 Å². The van der Waals surface area contributed by atoms with Gasteiger partial charge in [0.2, 0.25) is 0 Å². The molecule has 0 saturated heterocycles. The lowest BCUT2D eigenvalue weighted by Gasteiger charge is -2.21. The van der Waals surface area contributed by atoms with Crippen LogP contribution in [-0.2, 0) is 5.41 Å². The number of nitrogens with zero attached hydrogens (tertiary/aromatic N) is 1. The van der Waals surface area contributed by atoms with E-state index in [1.807, 2.05) is 0 Å². The van der Waals surface area contributed by atoms with Crippen molar-refractivity contribution < 1.29 is 0 Å². The minimum atomic E-state index is 0.107. The van der Waals surface area contributed by atoms with Crippen LogP contribution >= 0.6 is 0 Å². The normalized spacial score (nSPS) is 11.9. The van der Waals surface area contributed by atoms with Crippen molar-refractivity contribution >= 4 is 43.4 Å². The Labute approximate surface area is 322 Å². The standard InChI is InChI=1S/C54H41N/c1-54(2,3)42-29-24-37(25-30-42)52-45-19-7-9-21-47(45)53(48-22-10-8-20-46(48)52)38-26-31-43(32-27-38)55-50-23-12-11-18-44(50)49-35-41(28-33-51(49)55)40-17-13-16-39(34-40)36-14-5-4-6-15-36/h4-35H,1-3H3. The lowest BCUT2D eigenvalue weighted by molar-refractivity contribution is 0.590. The van der Waals surface area contributed by atoms with Crippen LogP contribution in [0.15, 0.2) is 194 Å². The Morgan fingerprint density at radius 1 is 0.309 bits per heavy atom. The molecule has 0 bridgehead atoms. The van der Waals surface area contributed by atoms with Crippen LogP contribution in [0, 0.1) is 0 Å². The molecule has 0 fully saturated rings.